The van der Waals surface area contributed by atoms with Crippen molar-refractivity contribution >= 4 is 11.5 Å². The second-order valence-electron chi connectivity index (χ2n) is 3.15. The maximum absolute atomic E-state index is 10.4. The predicted octanol–water partition coefficient (Wildman–Crippen LogP) is 1.35. The first kappa shape index (κ1) is 8.74. The average molecular weight is 190 g/mol. The lowest BCUT2D eigenvalue weighted by Crippen LogP contribution is -1.97. The molecule has 1 N–H and O–H groups in total. The summed E-state index contributed by atoms with van der Waals surface area (Å²) in [4.78, 5) is 14.4. The molecular weight excluding hydrogens is 180 g/mol. The van der Waals surface area contributed by atoms with E-state index >= 15 is 0 Å². The number of carboxylic acids is 1. The van der Waals surface area contributed by atoms with E-state index in [4.69, 9.17) is 5.11 Å². The van der Waals surface area contributed by atoms with Crippen LogP contribution >= 0.6 is 0 Å². The third-order valence-electron chi connectivity index (χ3n) is 2.11. The summed E-state index contributed by atoms with van der Waals surface area (Å²) in [5.41, 5.74) is 2.02. The summed E-state index contributed by atoms with van der Waals surface area (Å²) in [5.74, 6) is -0.765. The number of aliphatic carboxylic acids is 1. The Labute approximate surface area is 80.8 Å². The van der Waals surface area contributed by atoms with Gasteiger partial charge in [-0.3, -0.25) is 4.79 Å². The molecule has 0 unspecified atom stereocenters. The van der Waals surface area contributed by atoms with Crippen LogP contribution in [0.25, 0.3) is 5.52 Å². The molecule has 0 aliphatic rings. The van der Waals surface area contributed by atoms with Gasteiger partial charge in [0.05, 0.1) is 18.0 Å². The summed E-state index contributed by atoms with van der Waals surface area (Å²) < 4.78 is 1.89. The van der Waals surface area contributed by atoms with Gasteiger partial charge in [0, 0.05) is 12.6 Å². The van der Waals surface area contributed by atoms with E-state index in [1.807, 2.05) is 22.7 Å². The zero-order valence-corrected chi connectivity index (χ0v) is 7.55. The van der Waals surface area contributed by atoms with Crippen LogP contribution in [0, 0.1) is 0 Å². The monoisotopic (exact) mass is 190 g/mol. The quantitative estimate of drug-likeness (QED) is 0.794. The van der Waals surface area contributed by atoms with Gasteiger partial charge in [0.1, 0.15) is 0 Å². The molecule has 0 fully saturated rings. The minimum absolute atomic E-state index is 0.171. The number of aryl methyl sites for hydroxylation is 1. The predicted molar refractivity (Wildman–Crippen MR) is 51.1 cm³/mol. The van der Waals surface area contributed by atoms with E-state index in [2.05, 4.69) is 4.98 Å². The Morgan fingerprint density at radius 1 is 1.57 bits per heavy atom. The van der Waals surface area contributed by atoms with Crippen LogP contribution in [0.5, 0.6) is 0 Å². The van der Waals surface area contributed by atoms with Crippen molar-refractivity contribution in [2.24, 2.45) is 0 Å². The van der Waals surface area contributed by atoms with E-state index in [1.165, 1.54) is 0 Å². The number of imidazole rings is 1. The molecule has 2 heterocycles. The third-order valence-corrected chi connectivity index (χ3v) is 2.11. The summed E-state index contributed by atoms with van der Waals surface area (Å²) in [5, 5.41) is 8.53. The molecule has 0 radical (unpaired) electrons. The fourth-order valence-corrected chi connectivity index (χ4v) is 1.37. The Morgan fingerprint density at radius 2 is 2.43 bits per heavy atom. The lowest BCUT2D eigenvalue weighted by molar-refractivity contribution is -0.136. The Morgan fingerprint density at radius 3 is 3.21 bits per heavy atom. The summed E-state index contributed by atoms with van der Waals surface area (Å²) in [6, 6.07) is 3.87. The summed E-state index contributed by atoms with van der Waals surface area (Å²) in [6.45, 7) is 0. The molecule has 0 atom stereocenters. The van der Waals surface area contributed by atoms with Crippen LogP contribution in [0.1, 0.15) is 12.0 Å². The molecule has 0 aliphatic heterocycles. The molecule has 0 amide bonds. The third kappa shape index (κ3) is 1.74. The van der Waals surface area contributed by atoms with Gasteiger partial charge in [0.25, 0.3) is 0 Å². The van der Waals surface area contributed by atoms with Crippen molar-refractivity contribution in [1.29, 1.82) is 0 Å². The molecule has 0 aromatic carbocycles. The van der Waals surface area contributed by atoms with Crippen molar-refractivity contribution in [2.75, 3.05) is 0 Å². The average Bonchev–Trinajstić information content (AvgIpc) is 2.61. The Hall–Kier alpha value is -1.84. The van der Waals surface area contributed by atoms with Crippen LogP contribution in [0.15, 0.2) is 30.9 Å². The zero-order chi connectivity index (χ0) is 9.97. The minimum Gasteiger partial charge on any atom is -0.481 e. The van der Waals surface area contributed by atoms with E-state index in [0.29, 0.717) is 6.42 Å². The summed E-state index contributed by atoms with van der Waals surface area (Å²) in [6.07, 6.45) is 6.10. The molecular formula is C10H10N2O2. The number of hydrogen-bond donors (Lipinski definition) is 1. The summed E-state index contributed by atoms with van der Waals surface area (Å²) >= 11 is 0. The number of aromatic nitrogens is 2. The lowest BCUT2D eigenvalue weighted by Gasteiger charge is -1.99. The second kappa shape index (κ2) is 3.49. The molecule has 14 heavy (non-hydrogen) atoms. The van der Waals surface area contributed by atoms with Crippen LogP contribution in [0.2, 0.25) is 0 Å². The molecule has 0 spiro atoms. The van der Waals surface area contributed by atoms with Gasteiger partial charge in [-0.05, 0) is 24.1 Å². The molecule has 0 saturated carbocycles. The molecule has 4 heteroatoms. The fraction of sp³-hybridized carbons (Fsp3) is 0.200. The van der Waals surface area contributed by atoms with E-state index in [1.54, 1.807) is 12.5 Å². The van der Waals surface area contributed by atoms with Gasteiger partial charge in [0.15, 0.2) is 0 Å². The maximum atomic E-state index is 10.4. The van der Waals surface area contributed by atoms with Crippen molar-refractivity contribution in [3.8, 4) is 0 Å². The van der Waals surface area contributed by atoms with Crippen LogP contribution in [-0.4, -0.2) is 20.5 Å². The van der Waals surface area contributed by atoms with Gasteiger partial charge in [-0.15, -0.1) is 0 Å². The largest absolute Gasteiger partial charge is 0.481 e. The van der Waals surface area contributed by atoms with Gasteiger partial charge in [-0.25, -0.2) is 4.98 Å². The molecule has 4 nitrogen and oxygen atoms in total. The fourth-order valence-electron chi connectivity index (χ4n) is 1.37. The lowest BCUT2D eigenvalue weighted by atomic mass is 10.1. The highest BCUT2D eigenvalue weighted by atomic mass is 16.4. The van der Waals surface area contributed by atoms with E-state index in [0.717, 1.165) is 11.1 Å². The van der Waals surface area contributed by atoms with Crippen LogP contribution < -0.4 is 0 Å². The molecule has 0 aliphatic carbocycles. The van der Waals surface area contributed by atoms with Crippen molar-refractivity contribution in [1.82, 2.24) is 9.38 Å². The van der Waals surface area contributed by atoms with E-state index in [9.17, 15) is 4.79 Å². The number of carboxylic acid groups (broad SMARTS) is 1. The molecule has 2 aromatic rings. The molecule has 72 valence electrons. The van der Waals surface area contributed by atoms with Gasteiger partial charge in [0.2, 0.25) is 0 Å². The van der Waals surface area contributed by atoms with Crippen LogP contribution in [0.3, 0.4) is 0 Å². The normalized spacial score (nSPS) is 10.6. The van der Waals surface area contributed by atoms with Crippen molar-refractivity contribution in [3.05, 3.63) is 36.4 Å². The van der Waals surface area contributed by atoms with Gasteiger partial charge in [-0.1, -0.05) is 0 Å². The van der Waals surface area contributed by atoms with E-state index < -0.39 is 5.97 Å². The SMILES string of the molecule is O=C(O)CCc1ccn2cncc2c1. The van der Waals surface area contributed by atoms with Crippen molar-refractivity contribution in [3.63, 3.8) is 0 Å². The Kier molecular flexibility index (Phi) is 2.18. The highest BCUT2D eigenvalue weighted by Gasteiger charge is 2.00. The van der Waals surface area contributed by atoms with Crippen LogP contribution in [-0.2, 0) is 11.2 Å². The van der Waals surface area contributed by atoms with Gasteiger partial charge >= 0.3 is 5.97 Å². The van der Waals surface area contributed by atoms with Crippen molar-refractivity contribution < 1.29 is 9.90 Å². The van der Waals surface area contributed by atoms with Crippen molar-refractivity contribution in [2.45, 2.75) is 12.8 Å². The number of pyridine rings is 1. The number of hydrogen-bond acceptors (Lipinski definition) is 2. The molecule has 2 aromatic heterocycles. The minimum atomic E-state index is -0.765. The molecule has 0 saturated heterocycles. The Bertz CT molecular complexity index is 462. The maximum Gasteiger partial charge on any atom is 0.303 e. The number of rotatable bonds is 3. The highest BCUT2D eigenvalue weighted by Crippen LogP contribution is 2.08. The van der Waals surface area contributed by atoms with E-state index in [-0.39, 0.29) is 6.42 Å². The summed E-state index contributed by atoms with van der Waals surface area (Å²) in [7, 11) is 0. The second-order valence-corrected chi connectivity index (χ2v) is 3.15. The zero-order valence-electron chi connectivity index (χ0n) is 7.55. The number of nitrogens with zero attached hydrogens (tertiary/aromatic N) is 2. The topological polar surface area (TPSA) is 54.6 Å². The molecule has 2 rings (SSSR count). The van der Waals surface area contributed by atoms with Gasteiger partial charge in [-0.2, -0.15) is 0 Å². The van der Waals surface area contributed by atoms with Gasteiger partial charge < -0.3 is 9.51 Å². The standard InChI is InChI=1S/C10H10N2O2/c13-10(14)2-1-8-3-4-12-7-11-6-9(12)5-8/h3-7H,1-2H2,(H,13,14). The smallest absolute Gasteiger partial charge is 0.303 e. The first-order valence-corrected chi connectivity index (χ1v) is 4.38. The highest BCUT2D eigenvalue weighted by molar-refractivity contribution is 5.67. The molecule has 0 bridgehead atoms. The van der Waals surface area contributed by atoms with Crippen LogP contribution in [0.4, 0.5) is 0 Å². The Balaban J connectivity index is 2.21. The number of carbonyl (C=O) groups is 1. The first-order chi connectivity index (χ1) is 6.75. The first-order valence-electron chi connectivity index (χ1n) is 4.38. The number of fused-ring (bicyclic) bond motifs is 1.